The predicted octanol–water partition coefficient (Wildman–Crippen LogP) is 5.81. The molecule has 0 aliphatic heterocycles. The number of carboxylic acid groups (broad SMARTS) is 2. The highest BCUT2D eigenvalue weighted by atomic mass is 35.5. The van der Waals surface area contributed by atoms with Crippen LogP contribution in [0.1, 0.15) is 25.8 Å². The molecule has 0 fully saturated rings. The van der Waals surface area contributed by atoms with E-state index >= 15 is 0 Å². The van der Waals surface area contributed by atoms with Crippen molar-refractivity contribution in [2.24, 2.45) is 5.92 Å². The third-order valence-corrected chi connectivity index (χ3v) is 4.67. The first-order chi connectivity index (χ1) is 13.7. The molecule has 2 N–H and O–H groups in total. The molecule has 0 saturated carbocycles. The van der Waals surface area contributed by atoms with E-state index in [-0.39, 0.29) is 18.9 Å². The van der Waals surface area contributed by atoms with Crippen LogP contribution in [-0.2, 0) is 11.2 Å². The topological polar surface area (TPSA) is 87.1 Å². The van der Waals surface area contributed by atoms with Crippen molar-refractivity contribution in [3.8, 4) is 11.5 Å². The van der Waals surface area contributed by atoms with Crippen LogP contribution in [0.2, 0.25) is 10.0 Å². The van der Waals surface area contributed by atoms with Crippen LogP contribution in [0.3, 0.4) is 0 Å². The molecule has 6 nitrogen and oxygen atoms in total. The molecule has 0 bridgehead atoms. The summed E-state index contributed by atoms with van der Waals surface area (Å²) in [4.78, 5) is 24.1. The number of amides is 1. The molecule has 1 unspecified atom stereocenters. The third-order valence-electron chi connectivity index (χ3n) is 4.24. The van der Waals surface area contributed by atoms with Gasteiger partial charge in [0, 0.05) is 16.6 Å². The summed E-state index contributed by atoms with van der Waals surface area (Å²) in [5.74, 6) is 0.00934. The Kier molecular flexibility index (Phi) is 8.17. The van der Waals surface area contributed by atoms with E-state index in [2.05, 4.69) is 0 Å². The number of benzene rings is 2. The van der Waals surface area contributed by atoms with E-state index in [0.717, 1.165) is 10.5 Å². The van der Waals surface area contributed by atoms with Crippen molar-refractivity contribution in [2.75, 3.05) is 6.54 Å². The summed E-state index contributed by atoms with van der Waals surface area (Å²) in [7, 11) is 0. The van der Waals surface area contributed by atoms with Gasteiger partial charge in [0.25, 0.3) is 0 Å². The van der Waals surface area contributed by atoms with Crippen molar-refractivity contribution < 1.29 is 24.5 Å². The van der Waals surface area contributed by atoms with E-state index < -0.39 is 18.1 Å². The molecule has 0 radical (unpaired) electrons. The highest BCUT2D eigenvalue weighted by Gasteiger charge is 2.29. The second-order valence-electron chi connectivity index (χ2n) is 7.06. The average molecular weight is 440 g/mol. The van der Waals surface area contributed by atoms with Crippen molar-refractivity contribution in [3.63, 3.8) is 0 Å². The van der Waals surface area contributed by atoms with Crippen molar-refractivity contribution in [1.82, 2.24) is 4.90 Å². The average Bonchev–Trinajstić information content (AvgIpc) is 2.60. The van der Waals surface area contributed by atoms with Crippen LogP contribution in [0.5, 0.6) is 11.5 Å². The summed E-state index contributed by atoms with van der Waals surface area (Å²) in [6, 6.07) is 10.9. The Morgan fingerprint density at radius 1 is 1.00 bits per heavy atom. The fraction of sp³-hybridized carbons (Fsp3) is 0.333. The van der Waals surface area contributed by atoms with Crippen molar-refractivity contribution in [1.29, 1.82) is 0 Å². The van der Waals surface area contributed by atoms with Crippen molar-refractivity contribution in [2.45, 2.75) is 32.7 Å². The highest BCUT2D eigenvalue weighted by molar-refractivity contribution is 6.34. The fourth-order valence-electron chi connectivity index (χ4n) is 2.89. The van der Waals surface area contributed by atoms with Crippen molar-refractivity contribution >= 4 is 35.3 Å². The van der Waals surface area contributed by atoms with Gasteiger partial charge >= 0.3 is 12.1 Å². The second-order valence-corrected chi connectivity index (χ2v) is 7.93. The van der Waals surface area contributed by atoms with E-state index in [0.29, 0.717) is 28.0 Å². The lowest BCUT2D eigenvalue weighted by atomic mass is 10.0. The summed E-state index contributed by atoms with van der Waals surface area (Å²) in [6.45, 7) is 3.81. The minimum Gasteiger partial charge on any atom is -0.480 e. The molecule has 2 aromatic rings. The largest absolute Gasteiger partial charge is 0.480 e. The molecule has 0 aromatic heterocycles. The van der Waals surface area contributed by atoms with Gasteiger partial charge in [0.15, 0.2) is 0 Å². The zero-order valence-electron chi connectivity index (χ0n) is 16.1. The zero-order valence-corrected chi connectivity index (χ0v) is 17.7. The number of carboxylic acids is 1. The highest BCUT2D eigenvalue weighted by Crippen LogP contribution is 2.28. The Hall–Kier alpha value is -2.44. The number of ether oxygens (including phenoxy) is 1. The predicted molar refractivity (Wildman–Crippen MR) is 112 cm³/mol. The number of carbonyl (C=O) groups is 2. The van der Waals surface area contributed by atoms with Crippen molar-refractivity contribution in [3.05, 3.63) is 58.1 Å². The summed E-state index contributed by atoms with van der Waals surface area (Å²) in [5, 5.41) is 19.8. The Morgan fingerprint density at radius 3 is 2.07 bits per heavy atom. The van der Waals surface area contributed by atoms with Crippen LogP contribution in [0, 0.1) is 5.92 Å². The van der Waals surface area contributed by atoms with Gasteiger partial charge in [-0.05, 0) is 54.7 Å². The van der Waals surface area contributed by atoms with Gasteiger partial charge in [-0.2, -0.15) is 0 Å². The molecule has 0 heterocycles. The van der Waals surface area contributed by atoms with Gasteiger partial charge in [-0.15, -0.1) is 0 Å². The number of aliphatic carboxylic acids is 1. The monoisotopic (exact) mass is 439 g/mol. The van der Waals surface area contributed by atoms with Crippen LogP contribution in [0.15, 0.2) is 42.5 Å². The Morgan fingerprint density at radius 2 is 1.59 bits per heavy atom. The van der Waals surface area contributed by atoms with E-state index in [1.807, 2.05) is 13.8 Å². The molecule has 0 aliphatic carbocycles. The van der Waals surface area contributed by atoms with Gasteiger partial charge in [0.2, 0.25) is 0 Å². The molecular weight excluding hydrogens is 417 g/mol. The number of hydrogen-bond acceptors (Lipinski definition) is 3. The maximum atomic E-state index is 11.6. The summed E-state index contributed by atoms with van der Waals surface area (Å²) in [6.07, 6.45) is -0.593. The Labute approximate surface area is 179 Å². The quantitative estimate of drug-likeness (QED) is 0.514. The number of rotatable bonds is 9. The Balaban J connectivity index is 2.03. The first kappa shape index (κ1) is 22.8. The molecular formula is C21H23Cl2NO5. The lowest BCUT2D eigenvalue weighted by molar-refractivity contribution is -0.143. The SMILES string of the molecule is CC(C)CC(C(=O)O)N(CCc1ccc(Oc2cc(Cl)cc(Cl)c2)cc1)C(=O)O. The molecule has 8 heteroatoms. The molecule has 156 valence electrons. The third kappa shape index (κ3) is 7.15. The lowest BCUT2D eigenvalue weighted by Crippen LogP contribution is -2.46. The minimum atomic E-state index is -1.24. The first-order valence-electron chi connectivity index (χ1n) is 9.11. The lowest BCUT2D eigenvalue weighted by Gasteiger charge is -2.27. The van der Waals surface area contributed by atoms with Gasteiger partial charge in [-0.3, -0.25) is 4.90 Å². The maximum absolute atomic E-state index is 11.6. The van der Waals surface area contributed by atoms with E-state index in [4.69, 9.17) is 27.9 Å². The molecule has 0 saturated heterocycles. The number of halogens is 2. The molecule has 0 spiro atoms. The number of hydrogen-bond donors (Lipinski definition) is 2. The molecule has 1 atom stereocenters. The maximum Gasteiger partial charge on any atom is 0.408 e. The zero-order chi connectivity index (χ0) is 21.6. The van der Waals surface area contributed by atoms with Gasteiger partial charge in [-0.25, -0.2) is 9.59 Å². The minimum absolute atomic E-state index is 0.0642. The Bertz CT molecular complexity index is 834. The molecule has 0 aliphatic rings. The van der Waals surface area contributed by atoms with Crippen LogP contribution < -0.4 is 4.74 Å². The fourth-order valence-corrected chi connectivity index (χ4v) is 3.40. The molecule has 2 rings (SSSR count). The van der Waals surface area contributed by atoms with Gasteiger partial charge < -0.3 is 14.9 Å². The molecule has 2 aromatic carbocycles. The van der Waals surface area contributed by atoms with Gasteiger partial charge in [0.05, 0.1) is 0 Å². The van der Waals surface area contributed by atoms with Crippen LogP contribution in [0.4, 0.5) is 4.79 Å². The number of nitrogens with zero attached hydrogens (tertiary/aromatic N) is 1. The molecule has 29 heavy (non-hydrogen) atoms. The van der Waals surface area contributed by atoms with Crippen LogP contribution in [0.25, 0.3) is 0 Å². The summed E-state index contributed by atoms with van der Waals surface area (Å²) in [5.41, 5.74) is 0.862. The van der Waals surface area contributed by atoms with E-state index in [1.165, 1.54) is 0 Å². The standard InChI is InChI=1S/C21H23Cl2NO5/c1-13(2)9-19(20(25)26)24(21(27)28)8-7-14-3-5-17(6-4-14)29-18-11-15(22)10-16(23)12-18/h3-6,10-13,19H,7-9H2,1-2H3,(H,25,26)(H,27,28). The van der Waals surface area contributed by atoms with Gasteiger partial charge in [-0.1, -0.05) is 49.2 Å². The second kappa shape index (κ2) is 10.4. The van der Waals surface area contributed by atoms with Crippen LogP contribution >= 0.6 is 23.2 Å². The van der Waals surface area contributed by atoms with Gasteiger partial charge in [0.1, 0.15) is 17.5 Å². The van der Waals surface area contributed by atoms with E-state index in [1.54, 1.807) is 42.5 Å². The summed E-state index contributed by atoms with van der Waals surface area (Å²) >= 11 is 11.9. The van der Waals surface area contributed by atoms with Crippen LogP contribution in [-0.4, -0.2) is 39.8 Å². The molecule has 1 amide bonds. The normalized spacial score (nSPS) is 11.9. The van der Waals surface area contributed by atoms with E-state index in [9.17, 15) is 19.8 Å². The first-order valence-corrected chi connectivity index (χ1v) is 9.86. The smallest absolute Gasteiger partial charge is 0.408 e. The summed E-state index contributed by atoms with van der Waals surface area (Å²) < 4.78 is 5.72.